The Bertz CT molecular complexity index is 1030. The molecule has 0 aliphatic heterocycles. The predicted molar refractivity (Wildman–Crippen MR) is 120 cm³/mol. The van der Waals surface area contributed by atoms with Gasteiger partial charge >= 0.3 is 0 Å². The van der Waals surface area contributed by atoms with Gasteiger partial charge in [0, 0.05) is 11.8 Å². The van der Waals surface area contributed by atoms with E-state index >= 15 is 0 Å². The Labute approximate surface area is 180 Å². The summed E-state index contributed by atoms with van der Waals surface area (Å²) in [5, 5.41) is 3.42. The maximum Gasteiger partial charge on any atom is 0.251 e. The van der Waals surface area contributed by atoms with Crippen LogP contribution in [0.1, 0.15) is 30.7 Å². The Morgan fingerprint density at radius 3 is 2.43 bits per heavy atom. The lowest BCUT2D eigenvalue weighted by Crippen LogP contribution is -2.18. The molecule has 2 aromatic carbocycles. The molecular formula is C23H25N3O3S. The Hall–Kier alpha value is -3.06. The van der Waals surface area contributed by atoms with Crippen molar-refractivity contribution in [3.05, 3.63) is 81.8 Å². The molecule has 0 aliphatic carbocycles. The summed E-state index contributed by atoms with van der Waals surface area (Å²) in [5.74, 6) is 0.714. The molecule has 0 atom stereocenters. The quantitative estimate of drug-likeness (QED) is 0.398. The lowest BCUT2D eigenvalue weighted by Gasteiger charge is -2.14. The van der Waals surface area contributed by atoms with Crippen LogP contribution in [0.5, 0.6) is 5.75 Å². The number of anilines is 1. The largest absolute Gasteiger partial charge is 0.487 e. The zero-order chi connectivity index (χ0) is 21.3. The molecule has 3 aromatic rings. The zero-order valence-corrected chi connectivity index (χ0v) is 17.9. The molecule has 1 amide bonds. The molecule has 1 aromatic heterocycles. The molecule has 30 heavy (non-hydrogen) atoms. The van der Waals surface area contributed by atoms with E-state index in [1.807, 2.05) is 48.5 Å². The molecule has 0 aliphatic rings. The molecule has 0 bridgehead atoms. The number of carbonyl (C=O) groups excluding carboxylic acids is 1. The monoisotopic (exact) mass is 423 g/mol. The number of carbonyl (C=O) groups is 1. The molecule has 2 N–H and O–H groups in total. The first-order valence-electron chi connectivity index (χ1n) is 9.90. The van der Waals surface area contributed by atoms with Crippen molar-refractivity contribution in [3.63, 3.8) is 0 Å². The molecule has 0 saturated heterocycles. The fraction of sp³-hybridized carbons (Fsp3) is 0.261. The minimum Gasteiger partial charge on any atom is -0.487 e. The van der Waals surface area contributed by atoms with Crippen molar-refractivity contribution in [2.24, 2.45) is 0 Å². The summed E-state index contributed by atoms with van der Waals surface area (Å²) in [5.41, 5.74) is 3.34. The first kappa shape index (κ1) is 21.6. The van der Waals surface area contributed by atoms with E-state index in [9.17, 15) is 9.59 Å². The van der Waals surface area contributed by atoms with Gasteiger partial charge in [-0.1, -0.05) is 62.0 Å². The highest BCUT2D eigenvalue weighted by atomic mass is 32.2. The van der Waals surface area contributed by atoms with E-state index in [-0.39, 0.29) is 23.8 Å². The Balaban J connectivity index is 1.62. The maximum atomic E-state index is 12.5. The standard InChI is InChI=1S/C23H25N3O3S/c1-3-16-9-8-10-17(4-2)22(16)25-21(28)15-30-23-24-18(13-20(27)26-23)14-29-19-11-6-5-7-12-19/h5-13H,3-4,14-15H2,1-2H3,(H,25,28)(H,24,26,27). The highest BCUT2D eigenvalue weighted by molar-refractivity contribution is 7.99. The van der Waals surface area contributed by atoms with Gasteiger partial charge in [-0.25, -0.2) is 4.98 Å². The fourth-order valence-electron chi connectivity index (χ4n) is 3.01. The zero-order valence-electron chi connectivity index (χ0n) is 17.1. The lowest BCUT2D eigenvalue weighted by molar-refractivity contribution is -0.113. The number of aryl methyl sites for hydroxylation is 2. The van der Waals surface area contributed by atoms with E-state index in [4.69, 9.17) is 4.74 Å². The molecule has 0 saturated carbocycles. The number of hydrogen-bond donors (Lipinski definition) is 2. The Morgan fingerprint density at radius 1 is 1.07 bits per heavy atom. The number of nitrogens with one attached hydrogen (secondary N) is 2. The summed E-state index contributed by atoms with van der Waals surface area (Å²) in [6, 6.07) is 16.8. The third-order valence-corrected chi connectivity index (χ3v) is 5.38. The van der Waals surface area contributed by atoms with Crippen LogP contribution in [0.15, 0.2) is 64.5 Å². The van der Waals surface area contributed by atoms with Gasteiger partial charge in [0.25, 0.3) is 5.56 Å². The smallest absolute Gasteiger partial charge is 0.251 e. The van der Waals surface area contributed by atoms with E-state index in [0.29, 0.717) is 16.6 Å². The number of ether oxygens (including phenoxy) is 1. The molecule has 0 radical (unpaired) electrons. The third-order valence-electron chi connectivity index (χ3n) is 4.51. The van der Waals surface area contributed by atoms with Crippen LogP contribution >= 0.6 is 11.8 Å². The fourth-order valence-corrected chi connectivity index (χ4v) is 3.71. The maximum absolute atomic E-state index is 12.5. The number of aromatic nitrogens is 2. The first-order valence-corrected chi connectivity index (χ1v) is 10.9. The van der Waals surface area contributed by atoms with E-state index in [0.717, 1.165) is 29.7 Å². The van der Waals surface area contributed by atoms with Crippen molar-refractivity contribution < 1.29 is 9.53 Å². The number of para-hydroxylation sites is 2. The molecule has 0 spiro atoms. The predicted octanol–water partition coefficient (Wildman–Crippen LogP) is 4.20. The normalized spacial score (nSPS) is 10.6. The van der Waals surface area contributed by atoms with Crippen LogP contribution in [0, 0.1) is 0 Å². The summed E-state index contributed by atoms with van der Waals surface area (Å²) in [7, 11) is 0. The van der Waals surface area contributed by atoms with Crippen LogP contribution < -0.4 is 15.6 Å². The molecule has 7 heteroatoms. The number of benzene rings is 2. The van der Waals surface area contributed by atoms with Gasteiger partial charge in [-0.15, -0.1) is 0 Å². The van der Waals surface area contributed by atoms with Crippen molar-refractivity contribution in [2.75, 3.05) is 11.1 Å². The second kappa shape index (κ2) is 10.6. The first-order chi connectivity index (χ1) is 14.6. The molecule has 1 heterocycles. The highest BCUT2D eigenvalue weighted by Gasteiger charge is 2.12. The third kappa shape index (κ3) is 5.97. The van der Waals surface area contributed by atoms with Crippen LogP contribution in [-0.4, -0.2) is 21.6 Å². The number of thioether (sulfide) groups is 1. The summed E-state index contributed by atoms with van der Waals surface area (Å²) in [6.45, 7) is 4.31. The van der Waals surface area contributed by atoms with Gasteiger partial charge in [-0.3, -0.25) is 9.59 Å². The lowest BCUT2D eigenvalue weighted by atomic mass is 10.0. The molecule has 0 fully saturated rings. The number of H-pyrrole nitrogens is 1. The highest BCUT2D eigenvalue weighted by Crippen LogP contribution is 2.23. The number of amides is 1. The van der Waals surface area contributed by atoms with Crippen molar-refractivity contribution in [1.82, 2.24) is 9.97 Å². The SMILES string of the molecule is CCc1cccc(CC)c1NC(=O)CSc1nc(COc2ccccc2)cc(=O)[nH]1. The van der Waals surface area contributed by atoms with Crippen LogP contribution in [0.2, 0.25) is 0 Å². The van der Waals surface area contributed by atoms with Gasteiger partial charge < -0.3 is 15.0 Å². The minimum atomic E-state index is -0.274. The second-order valence-corrected chi connectivity index (χ2v) is 7.60. The number of nitrogens with zero attached hydrogens (tertiary/aromatic N) is 1. The number of rotatable bonds is 9. The van der Waals surface area contributed by atoms with Crippen LogP contribution in [0.3, 0.4) is 0 Å². The molecule has 6 nitrogen and oxygen atoms in total. The van der Waals surface area contributed by atoms with E-state index in [2.05, 4.69) is 29.1 Å². The van der Waals surface area contributed by atoms with Gasteiger partial charge in [0.15, 0.2) is 5.16 Å². The van der Waals surface area contributed by atoms with Crippen molar-refractivity contribution >= 4 is 23.4 Å². The van der Waals surface area contributed by atoms with Crippen molar-refractivity contribution in [1.29, 1.82) is 0 Å². The van der Waals surface area contributed by atoms with Gasteiger partial charge in [-0.05, 0) is 36.1 Å². The van der Waals surface area contributed by atoms with E-state index < -0.39 is 0 Å². The summed E-state index contributed by atoms with van der Waals surface area (Å²) in [4.78, 5) is 31.6. The van der Waals surface area contributed by atoms with Gasteiger partial charge in [0.1, 0.15) is 12.4 Å². The summed E-state index contributed by atoms with van der Waals surface area (Å²) in [6.07, 6.45) is 1.68. The van der Waals surface area contributed by atoms with E-state index in [1.54, 1.807) is 0 Å². The Morgan fingerprint density at radius 2 is 1.77 bits per heavy atom. The van der Waals surface area contributed by atoms with Crippen LogP contribution in [-0.2, 0) is 24.2 Å². The molecule has 3 rings (SSSR count). The van der Waals surface area contributed by atoms with Crippen molar-refractivity contribution in [2.45, 2.75) is 38.5 Å². The topological polar surface area (TPSA) is 84.1 Å². The van der Waals surface area contributed by atoms with Crippen LogP contribution in [0.25, 0.3) is 0 Å². The summed E-state index contributed by atoms with van der Waals surface area (Å²) >= 11 is 1.19. The van der Waals surface area contributed by atoms with Crippen molar-refractivity contribution in [3.8, 4) is 5.75 Å². The van der Waals surface area contributed by atoms with Crippen LogP contribution in [0.4, 0.5) is 5.69 Å². The average Bonchev–Trinajstić information content (AvgIpc) is 2.77. The van der Waals surface area contributed by atoms with Gasteiger partial charge in [0.2, 0.25) is 5.91 Å². The number of aromatic amines is 1. The van der Waals surface area contributed by atoms with E-state index in [1.165, 1.54) is 17.8 Å². The average molecular weight is 424 g/mol. The summed E-state index contributed by atoms with van der Waals surface area (Å²) < 4.78 is 5.65. The minimum absolute atomic E-state index is 0.135. The Kier molecular flexibility index (Phi) is 7.68. The number of hydrogen-bond acceptors (Lipinski definition) is 5. The molecule has 156 valence electrons. The van der Waals surface area contributed by atoms with Gasteiger partial charge in [-0.2, -0.15) is 0 Å². The van der Waals surface area contributed by atoms with Gasteiger partial charge in [0.05, 0.1) is 11.4 Å². The molecular weight excluding hydrogens is 398 g/mol. The second-order valence-electron chi connectivity index (χ2n) is 6.64. The molecule has 0 unspecified atom stereocenters.